The van der Waals surface area contributed by atoms with Crippen LogP contribution in [0.3, 0.4) is 0 Å². The van der Waals surface area contributed by atoms with Crippen molar-refractivity contribution in [2.45, 2.75) is 32.0 Å². The lowest BCUT2D eigenvalue weighted by molar-refractivity contribution is 0.0475. The minimum atomic E-state index is 0.204. The zero-order valence-corrected chi connectivity index (χ0v) is 7.92. The van der Waals surface area contributed by atoms with Crippen molar-refractivity contribution in [1.82, 2.24) is 0 Å². The van der Waals surface area contributed by atoms with Gasteiger partial charge in [-0.25, -0.2) is 0 Å². The lowest BCUT2D eigenvalue weighted by Gasteiger charge is -2.23. The molecule has 2 rings (SSSR count). The Balaban J connectivity index is 1.97. The standard InChI is InChI=1S/C10H13ClO/c1-7-9(11)3-2-4-10(7)12-8-5-6-8/h2-4,7-8,10H,5-6H2,1H3. The van der Waals surface area contributed by atoms with Crippen molar-refractivity contribution in [3.8, 4) is 0 Å². The third-order valence-corrected chi connectivity index (χ3v) is 2.83. The molecule has 0 radical (unpaired) electrons. The quantitative estimate of drug-likeness (QED) is 0.642. The summed E-state index contributed by atoms with van der Waals surface area (Å²) in [5.41, 5.74) is 0. The van der Waals surface area contributed by atoms with Gasteiger partial charge >= 0.3 is 0 Å². The molecule has 2 unspecified atom stereocenters. The summed E-state index contributed by atoms with van der Waals surface area (Å²) in [7, 11) is 0. The summed E-state index contributed by atoms with van der Waals surface area (Å²) in [4.78, 5) is 0. The van der Waals surface area contributed by atoms with E-state index in [1.165, 1.54) is 12.8 Å². The first-order valence-corrected chi connectivity index (χ1v) is 4.84. The van der Waals surface area contributed by atoms with Crippen LogP contribution in [0.1, 0.15) is 19.8 Å². The van der Waals surface area contributed by atoms with Gasteiger partial charge in [-0.15, -0.1) is 0 Å². The van der Waals surface area contributed by atoms with Crippen LogP contribution in [0, 0.1) is 5.92 Å². The third kappa shape index (κ3) is 1.73. The van der Waals surface area contributed by atoms with Gasteiger partial charge in [0.15, 0.2) is 0 Å². The summed E-state index contributed by atoms with van der Waals surface area (Å²) in [5, 5.41) is 0.906. The van der Waals surface area contributed by atoms with Crippen molar-refractivity contribution in [2.24, 2.45) is 5.92 Å². The summed E-state index contributed by atoms with van der Waals surface area (Å²) in [6.45, 7) is 2.11. The van der Waals surface area contributed by atoms with Gasteiger partial charge in [-0.3, -0.25) is 0 Å². The van der Waals surface area contributed by atoms with Gasteiger partial charge in [0.1, 0.15) is 0 Å². The predicted octanol–water partition coefficient (Wildman–Crippen LogP) is 2.86. The van der Waals surface area contributed by atoms with Crippen molar-refractivity contribution in [3.63, 3.8) is 0 Å². The molecule has 0 amide bonds. The van der Waals surface area contributed by atoms with E-state index in [4.69, 9.17) is 16.3 Å². The second kappa shape index (κ2) is 3.23. The normalized spacial score (nSPS) is 35.0. The average Bonchev–Trinajstić information content (AvgIpc) is 2.83. The highest BCUT2D eigenvalue weighted by Crippen LogP contribution is 2.32. The predicted molar refractivity (Wildman–Crippen MR) is 50.1 cm³/mol. The monoisotopic (exact) mass is 184 g/mol. The van der Waals surface area contributed by atoms with Gasteiger partial charge in [0.25, 0.3) is 0 Å². The van der Waals surface area contributed by atoms with Crippen LogP contribution in [0.5, 0.6) is 0 Å². The maximum absolute atomic E-state index is 6.00. The second-order valence-corrected chi connectivity index (χ2v) is 3.96. The Morgan fingerprint density at radius 1 is 1.50 bits per heavy atom. The molecule has 2 aliphatic rings. The minimum Gasteiger partial charge on any atom is -0.370 e. The van der Waals surface area contributed by atoms with E-state index in [-0.39, 0.29) is 6.10 Å². The second-order valence-electron chi connectivity index (χ2n) is 3.53. The molecule has 0 aromatic heterocycles. The summed E-state index contributed by atoms with van der Waals surface area (Å²) in [6, 6.07) is 0. The van der Waals surface area contributed by atoms with Gasteiger partial charge in [-0.1, -0.05) is 30.7 Å². The number of hydrogen-bond acceptors (Lipinski definition) is 1. The Labute approximate surface area is 78.0 Å². The molecule has 0 heterocycles. The van der Waals surface area contributed by atoms with Gasteiger partial charge in [0.05, 0.1) is 12.2 Å². The molecule has 1 fully saturated rings. The van der Waals surface area contributed by atoms with Crippen molar-refractivity contribution >= 4 is 11.6 Å². The van der Waals surface area contributed by atoms with Gasteiger partial charge in [-0.2, -0.15) is 0 Å². The maximum atomic E-state index is 6.00. The van der Waals surface area contributed by atoms with E-state index in [1.54, 1.807) is 0 Å². The van der Waals surface area contributed by atoms with Crippen molar-refractivity contribution in [3.05, 3.63) is 23.3 Å². The molecule has 0 bridgehead atoms. The number of rotatable bonds is 2. The fourth-order valence-electron chi connectivity index (χ4n) is 1.32. The summed E-state index contributed by atoms with van der Waals surface area (Å²) in [5.74, 6) is 0.331. The molecule has 12 heavy (non-hydrogen) atoms. The van der Waals surface area contributed by atoms with Crippen LogP contribution in [-0.4, -0.2) is 12.2 Å². The molecule has 1 saturated carbocycles. The Morgan fingerprint density at radius 3 is 2.92 bits per heavy atom. The fraction of sp³-hybridized carbons (Fsp3) is 0.600. The lowest BCUT2D eigenvalue weighted by Crippen LogP contribution is -2.22. The number of ether oxygens (including phenoxy) is 1. The van der Waals surface area contributed by atoms with Crippen LogP contribution in [-0.2, 0) is 4.74 Å². The van der Waals surface area contributed by atoms with E-state index in [0.717, 1.165) is 5.03 Å². The van der Waals surface area contributed by atoms with Crippen LogP contribution < -0.4 is 0 Å². The zero-order valence-electron chi connectivity index (χ0n) is 7.16. The average molecular weight is 185 g/mol. The van der Waals surface area contributed by atoms with E-state index in [9.17, 15) is 0 Å². The molecule has 0 aromatic carbocycles. The highest BCUT2D eigenvalue weighted by molar-refractivity contribution is 6.30. The van der Waals surface area contributed by atoms with Gasteiger partial charge in [0, 0.05) is 11.0 Å². The maximum Gasteiger partial charge on any atom is 0.0837 e. The van der Waals surface area contributed by atoms with Crippen LogP contribution in [0.15, 0.2) is 23.3 Å². The third-order valence-electron chi connectivity index (χ3n) is 2.36. The first kappa shape index (κ1) is 8.33. The Bertz CT molecular complexity index is 228. The first-order chi connectivity index (χ1) is 5.77. The smallest absolute Gasteiger partial charge is 0.0837 e. The number of halogens is 1. The van der Waals surface area contributed by atoms with Gasteiger partial charge < -0.3 is 4.74 Å². The lowest BCUT2D eigenvalue weighted by atomic mass is 9.99. The Kier molecular flexibility index (Phi) is 2.24. The summed E-state index contributed by atoms with van der Waals surface area (Å²) in [6.07, 6.45) is 9.17. The van der Waals surface area contributed by atoms with Crippen LogP contribution >= 0.6 is 11.6 Å². The molecule has 0 saturated heterocycles. The Hall–Kier alpha value is -0.270. The summed E-state index contributed by atoms with van der Waals surface area (Å²) >= 11 is 6.00. The number of allylic oxidation sites excluding steroid dienone is 2. The Morgan fingerprint density at radius 2 is 2.25 bits per heavy atom. The topological polar surface area (TPSA) is 9.23 Å². The zero-order chi connectivity index (χ0) is 8.55. The molecular formula is C10H13ClO. The molecule has 2 aliphatic carbocycles. The molecule has 0 N–H and O–H groups in total. The highest BCUT2D eigenvalue weighted by Gasteiger charge is 2.29. The minimum absolute atomic E-state index is 0.204. The number of hydrogen-bond donors (Lipinski definition) is 0. The molecule has 0 aliphatic heterocycles. The van der Waals surface area contributed by atoms with Gasteiger partial charge in [-0.05, 0) is 18.9 Å². The molecular weight excluding hydrogens is 172 g/mol. The van der Waals surface area contributed by atoms with Gasteiger partial charge in [0.2, 0.25) is 0 Å². The van der Waals surface area contributed by atoms with E-state index >= 15 is 0 Å². The van der Waals surface area contributed by atoms with Crippen LogP contribution in [0.2, 0.25) is 0 Å². The molecule has 0 spiro atoms. The van der Waals surface area contributed by atoms with Crippen LogP contribution in [0.25, 0.3) is 0 Å². The molecule has 2 heteroatoms. The van der Waals surface area contributed by atoms with Crippen molar-refractivity contribution < 1.29 is 4.74 Å². The SMILES string of the molecule is CC1C(Cl)=CC=CC1OC1CC1. The first-order valence-electron chi connectivity index (χ1n) is 4.46. The van der Waals surface area contributed by atoms with Crippen molar-refractivity contribution in [1.29, 1.82) is 0 Å². The largest absolute Gasteiger partial charge is 0.370 e. The molecule has 1 nitrogen and oxygen atoms in total. The fourth-order valence-corrected chi connectivity index (χ4v) is 1.52. The van der Waals surface area contributed by atoms with E-state index in [0.29, 0.717) is 12.0 Å². The van der Waals surface area contributed by atoms with E-state index in [2.05, 4.69) is 13.0 Å². The molecule has 2 atom stereocenters. The highest BCUT2D eigenvalue weighted by atomic mass is 35.5. The van der Waals surface area contributed by atoms with Crippen LogP contribution in [0.4, 0.5) is 0 Å². The summed E-state index contributed by atoms with van der Waals surface area (Å²) < 4.78 is 5.77. The van der Waals surface area contributed by atoms with Crippen molar-refractivity contribution in [2.75, 3.05) is 0 Å². The van der Waals surface area contributed by atoms with E-state index < -0.39 is 0 Å². The molecule has 66 valence electrons. The van der Waals surface area contributed by atoms with E-state index in [1.807, 2.05) is 12.2 Å². The molecule has 0 aromatic rings.